The van der Waals surface area contributed by atoms with Gasteiger partial charge in [0, 0.05) is 5.92 Å². The summed E-state index contributed by atoms with van der Waals surface area (Å²) in [7, 11) is 0. The van der Waals surface area contributed by atoms with Crippen molar-refractivity contribution < 1.29 is 9.90 Å². The van der Waals surface area contributed by atoms with Crippen LogP contribution in [0.2, 0.25) is 0 Å². The van der Waals surface area contributed by atoms with Crippen molar-refractivity contribution in [2.75, 3.05) is 0 Å². The second kappa shape index (κ2) is 4.21. The van der Waals surface area contributed by atoms with Crippen molar-refractivity contribution in [2.24, 2.45) is 0 Å². The van der Waals surface area contributed by atoms with Gasteiger partial charge in [0.2, 0.25) is 0 Å². The van der Waals surface area contributed by atoms with Crippen molar-refractivity contribution in [1.29, 1.82) is 0 Å². The number of benzene rings is 1. The Morgan fingerprint density at radius 2 is 2.06 bits per heavy atom. The molecule has 0 radical (unpaired) electrons. The van der Waals surface area contributed by atoms with E-state index in [0.29, 0.717) is 12.5 Å². The number of rotatable bonds is 4. The van der Waals surface area contributed by atoms with Gasteiger partial charge in [0.1, 0.15) is 0 Å². The zero-order valence-corrected chi connectivity index (χ0v) is 9.65. The number of hydrogen-bond acceptors (Lipinski definition) is 4. The quantitative estimate of drug-likeness (QED) is 0.876. The molecule has 0 aliphatic heterocycles. The highest BCUT2D eigenvalue weighted by atomic mass is 16.4. The van der Waals surface area contributed by atoms with Crippen molar-refractivity contribution in [3.05, 3.63) is 41.2 Å². The van der Waals surface area contributed by atoms with E-state index < -0.39 is 5.97 Å². The number of hydrogen-bond donors (Lipinski definition) is 1. The lowest BCUT2D eigenvalue weighted by atomic mass is 10.1. The third-order valence-electron chi connectivity index (χ3n) is 2.94. The van der Waals surface area contributed by atoms with Crippen molar-refractivity contribution in [1.82, 2.24) is 20.2 Å². The Kier molecular flexibility index (Phi) is 2.55. The van der Waals surface area contributed by atoms with E-state index in [1.54, 1.807) is 29.1 Å². The maximum absolute atomic E-state index is 10.7. The molecule has 1 aromatic heterocycles. The molecule has 1 aliphatic rings. The molecule has 18 heavy (non-hydrogen) atoms. The molecular weight excluding hydrogens is 232 g/mol. The van der Waals surface area contributed by atoms with Gasteiger partial charge < -0.3 is 5.11 Å². The minimum Gasteiger partial charge on any atom is -0.478 e. The van der Waals surface area contributed by atoms with E-state index in [4.69, 9.17) is 5.11 Å². The largest absolute Gasteiger partial charge is 0.478 e. The van der Waals surface area contributed by atoms with E-state index in [2.05, 4.69) is 15.4 Å². The van der Waals surface area contributed by atoms with Crippen molar-refractivity contribution >= 4 is 5.97 Å². The number of carboxylic acids is 1. The molecule has 1 fully saturated rings. The van der Waals surface area contributed by atoms with E-state index in [-0.39, 0.29) is 5.56 Å². The fourth-order valence-electron chi connectivity index (χ4n) is 1.74. The van der Waals surface area contributed by atoms with Crippen LogP contribution in [-0.2, 0) is 6.54 Å². The second-order valence-electron chi connectivity index (χ2n) is 4.45. The van der Waals surface area contributed by atoms with Gasteiger partial charge in [0.25, 0.3) is 0 Å². The number of aromatic carboxylic acids is 1. The summed E-state index contributed by atoms with van der Waals surface area (Å²) >= 11 is 0. The van der Waals surface area contributed by atoms with E-state index in [9.17, 15) is 4.79 Å². The first-order valence-electron chi connectivity index (χ1n) is 5.82. The third kappa shape index (κ3) is 2.22. The van der Waals surface area contributed by atoms with Gasteiger partial charge >= 0.3 is 5.97 Å². The molecule has 1 heterocycles. The summed E-state index contributed by atoms with van der Waals surface area (Å²) in [6, 6.07) is 6.69. The summed E-state index contributed by atoms with van der Waals surface area (Å²) < 4.78 is 0. The minimum atomic E-state index is -0.920. The monoisotopic (exact) mass is 244 g/mol. The van der Waals surface area contributed by atoms with Gasteiger partial charge in [-0.15, -0.1) is 10.2 Å². The molecule has 1 aromatic carbocycles. The summed E-state index contributed by atoms with van der Waals surface area (Å²) in [6.45, 7) is 0.514. The smallest absolute Gasteiger partial charge is 0.335 e. The van der Waals surface area contributed by atoms with E-state index in [1.165, 1.54) is 0 Å². The van der Waals surface area contributed by atoms with Gasteiger partial charge in [-0.25, -0.2) is 4.79 Å². The highest BCUT2D eigenvalue weighted by molar-refractivity contribution is 5.87. The normalized spacial score (nSPS) is 14.7. The lowest BCUT2D eigenvalue weighted by Gasteiger charge is -2.00. The SMILES string of the molecule is O=C(O)c1ccc(Cn2nnc(C3CC3)n2)cc1. The predicted octanol–water partition coefficient (Wildman–Crippen LogP) is 1.30. The second-order valence-corrected chi connectivity index (χ2v) is 4.45. The summed E-state index contributed by atoms with van der Waals surface area (Å²) in [6.07, 6.45) is 2.30. The van der Waals surface area contributed by atoms with Gasteiger partial charge in [-0.3, -0.25) is 0 Å². The van der Waals surface area contributed by atoms with Crippen LogP contribution in [0.5, 0.6) is 0 Å². The molecule has 0 unspecified atom stereocenters. The molecule has 1 saturated carbocycles. The Hall–Kier alpha value is -2.24. The topological polar surface area (TPSA) is 80.9 Å². The van der Waals surface area contributed by atoms with Crippen LogP contribution in [-0.4, -0.2) is 31.3 Å². The Bertz CT molecular complexity index is 572. The molecule has 0 atom stereocenters. The first-order chi connectivity index (χ1) is 8.72. The van der Waals surface area contributed by atoms with E-state index in [1.807, 2.05) is 0 Å². The predicted molar refractivity (Wildman–Crippen MR) is 62.3 cm³/mol. The number of carboxylic acid groups (broad SMARTS) is 1. The van der Waals surface area contributed by atoms with Crippen LogP contribution in [0.1, 0.15) is 40.5 Å². The summed E-state index contributed by atoms with van der Waals surface area (Å²) in [5, 5.41) is 21.1. The van der Waals surface area contributed by atoms with Crippen molar-refractivity contribution in [3.63, 3.8) is 0 Å². The Morgan fingerprint density at radius 3 is 2.67 bits per heavy atom. The molecule has 0 amide bonds. The molecular formula is C12H12N4O2. The zero-order chi connectivity index (χ0) is 12.5. The van der Waals surface area contributed by atoms with Crippen LogP contribution >= 0.6 is 0 Å². The number of carbonyl (C=O) groups is 1. The van der Waals surface area contributed by atoms with Crippen LogP contribution in [0.4, 0.5) is 0 Å². The average Bonchev–Trinajstić information content (AvgIpc) is 3.11. The molecule has 0 bridgehead atoms. The Labute approximate surface area is 103 Å². The van der Waals surface area contributed by atoms with Crippen LogP contribution in [0.3, 0.4) is 0 Å². The van der Waals surface area contributed by atoms with Gasteiger partial charge in [0.05, 0.1) is 12.1 Å². The standard InChI is InChI=1S/C12H12N4O2/c17-12(18)10-3-1-8(2-4-10)7-16-14-11(13-15-16)9-5-6-9/h1-4,9H,5-7H2,(H,17,18). The van der Waals surface area contributed by atoms with Gasteiger partial charge in [-0.1, -0.05) is 12.1 Å². The molecule has 6 heteroatoms. The Morgan fingerprint density at radius 1 is 1.33 bits per heavy atom. The molecule has 3 rings (SSSR count). The van der Waals surface area contributed by atoms with Gasteiger partial charge in [-0.2, -0.15) is 4.80 Å². The molecule has 1 N–H and O–H groups in total. The van der Waals surface area contributed by atoms with Crippen LogP contribution < -0.4 is 0 Å². The molecule has 0 spiro atoms. The zero-order valence-electron chi connectivity index (χ0n) is 9.65. The molecule has 1 aliphatic carbocycles. The first kappa shape index (κ1) is 10.9. The first-order valence-corrected chi connectivity index (χ1v) is 5.82. The van der Waals surface area contributed by atoms with Crippen LogP contribution in [0, 0.1) is 0 Å². The maximum atomic E-state index is 10.7. The maximum Gasteiger partial charge on any atom is 0.335 e. The highest BCUT2D eigenvalue weighted by Crippen LogP contribution is 2.37. The van der Waals surface area contributed by atoms with Crippen molar-refractivity contribution in [3.8, 4) is 0 Å². The molecule has 92 valence electrons. The lowest BCUT2D eigenvalue weighted by Crippen LogP contribution is -2.05. The minimum absolute atomic E-state index is 0.281. The number of tetrazole rings is 1. The van der Waals surface area contributed by atoms with Gasteiger partial charge in [0.15, 0.2) is 5.82 Å². The average molecular weight is 244 g/mol. The van der Waals surface area contributed by atoms with E-state index in [0.717, 1.165) is 24.2 Å². The lowest BCUT2D eigenvalue weighted by molar-refractivity contribution is 0.0697. The van der Waals surface area contributed by atoms with E-state index >= 15 is 0 Å². The fourth-order valence-corrected chi connectivity index (χ4v) is 1.74. The van der Waals surface area contributed by atoms with Crippen molar-refractivity contribution in [2.45, 2.75) is 25.3 Å². The number of nitrogens with zero attached hydrogens (tertiary/aromatic N) is 4. The number of aromatic nitrogens is 4. The summed E-state index contributed by atoms with van der Waals surface area (Å²) in [5.74, 6) is 0.391. The molecule has 0 saturated heterocycles. The summed E-state index contributed by atoms with van der Waals surface area (Å²) in [5.41, 5.74) is 1.24. The van der Waals surface area contributed by atoms with Crippen LogP contribution in [0.25, 0.3) is 0 Å². The Balaban J connectivity index is 1.72. The third-order valence-corrected chi connectivity index (χ3v) is 2.94. The molecule has 6 nitrogen and oxygen atoms in total. The molecule has 2 aromatic rings. The summed E-state index contributed by atoms with van der Waals surface area (Å²) in [4.78, 5) is 12.3. The fraction of sp³-hybridized carbons (Fsp3) is 0.333. The van der Waals surface area contributed by atoms with Crippen LogP contribution in [0.15, 0.2) is 24.3 Å². The highest BCUT2D eigenvalue weighted by Gasteiger charge is 2.28. The van der Waals surface area contributed by atoms with Gasteiger partial charge in [-0.05, 0) is 35.8 Å².